The van der Waals surface area contributed by atoms with Crippen molar-refractivity contribution in [3.8, 4) is 5.75 Å². The van der Waals surface area contributed by atoms with Crippen LogP contribution in [0.2, 0.25) is 0 Å². The van der Waals surface area contributed by atoms with Gasteiger partial charge in [0.25, 0.3) is 5.56 Å². The summed E-state index contributed by atoms with van der Waals surface area (Å²) in [4.78, 5) is 14.9. The zero-order valence-electron chi connectivity index (χ0n) is 14.6. The second-order valence-electron chi connectivity index (χ2n) is 6.37. The molecule has 1 aliphatic heterocycles. The van der Waals surface area contributed by atoms with Crippen LogP contribution in [0.5, 0.6) is 5.75 Å². The highest BCUT2D eigenvalue weighted by atomic mass is 16.5. The highest BCUT2D eigenvalue weighted by Gasteiger charge is 2.19. The molecule has 6 nitrogen and oxygen atoms in total. The number of methoxy groups -OCH3 is 1. The number of hydrogen-bond donors (Lipinski definition) is 1. The second-order valence-corrected chi connectivity index (χ2v) is 6.37. The van der Waals surface area contributed by atoms with E-state index in [-0.39, 0.29) is 12.3 Å². The van der Waals surface area contributed by atoms with E-state index < -0.39 is 0 Å². The van der Waals surface area contributed by atoms with E-state index in [4.69, 9.17) is 9.47 Å². The van der Waals surface area contributed by atoms with Crippen LogP contribution in [0, 0.1) is 0 Å². The number of nitrogens with one attached hydrogen (secondary N) is 1. The Morgan fingerprint density at radius 2 is 2.17 bits per heavy atom. The summed E-state index contributed by atoms with van der Waals surface area (Å²) in [5.74, 6) is 0.768. The highest BCUT2D eigenvalue weighted by Crippen LogP contribution is 2.31. The maximum Gasteiger partial charge on any atom is 0.258 e. The van der Waals surface area contributed by atoms with Crippen LogP contribution in [0.1, 0.15) is 12.0 Å². The predicted molar refractivity (Wildman–Crippen MR) is 96.1 cm³/mol. The third-order valence-corrected chi connectivity index (χ3v) is 4.31. The first-order valence-corrected chi connectivity index (χ1v) is 8.31. The first-order valence-electron chi connectivity index (χ1n) is 8.31. The van der Waals surface area contributed by atoms with Gasteiger partial charge in [-0.2, -0.15) is 0 Å². The molecule has 2 aromatic rings. The number of benzene rings is 1. The van der Waals surface area contributed by atoms with Crippen molar-refractivity contribution in [3.63, 3.8) is 0 Å². The van der Waals surface area contributed by atoms with Gasteiger partial charge in [-0.3, -0.25) is 9.36 Å². The number of ether oxygens (including phenoxy) is 2. The van der Waals surface area contributed by atoms with Gasteiger partial charge in [-0.05, 0) is 39.1 Å². The number of pyridine rings is 1. The van der Waals surface area contributed by atoms with Crippen molar-refractivity contribution in [1.82, 2.24) is 9.47 Å². The summed E-state index contributed by atoms with van der Waals surface area (Å²) in [6.45, 7) is 2.59. The Bertz CT molecular complexity index is 783. The number of hydrogen-bond acceptors (Lipinski definition) is 5. The normalized spacial score (nSPS) is 13.8. The standard InChI is InChI=1S/C18H25N3O3/c1-20(2)9-10-24-13-6-7-14-16(11-13)21(12-23-3)18(22)15-5-4-8-19-17(14)15/h6-7,11,19H,4-5,8-10,12H2,1-3H3. The van der Waals surface area contributed by atoms with Crippen molar-refractivity contribution in [2.45, 2.75) is 19.6 Å². The maximum atomic E-state index is 12.8. The molecule has 130 valence electrons. The summed E-state index contributed by atoms with van der Waals surface area (Å²) < 4.78 is 12.8. The molecular weight excluding hydrogens is 306 g/mol. The molecule has 6 heteroatoms. The summed E-state index contributed by atoms with van der Waals surface area (Å²) in [6, 6.07) is 5.93. The molecule has 2 heterocycles. The number of aromatic nitrogens is 1. The number of rotatable bonds is 6. The van der Waals surface area contributed by atoms with Crippen LogP contribution < -0.4 is 15.6 Å². The van der Waals surface area contributed by atoms with E-state index >= 15 is 0 Å². The van der Waals surface area contributed by atoms with E-state index in [2.05, 4.69) is 10.2 Å². The lowest BCUT2D eigenvalue weighted by Crippen LogP contribution is -2.29. The molecule has 24 heavy (non-hydrogen) atoms. The van der Waals surface area contributed by atoms with E-state index in [1.807, 2.05) is 32.3 Å². The van der Waals surface area contributed by atoms with Gasteiger partial charge in [0.05, 0.1) is 11.2 Å². The van der Waals surface area contributed by atoms with Crippen molar-refractivity contribution in [1.29, 1.82) is 0 Å². The Labute approximate surface area is 142 Å². The Morgan fingerprint density at radius 3 is 2.92 bits per heavy atom. The lowest BCUT2D eigenvalue weighted by molar-refractivity contribution is 0.131. The van der Waals surface area contributed by atoms with Gasteiger partial charge in [-0.15, -0.1) is 0 Å². The summed E-state index contributed by atoms with van der Waals surface area (Å²) in [5, 5.41) is 4.43. The highest BCUT2D eigenvalue weighted by molar-refractivity contribution is 5.94. The Morgan fingerprint density at radius 1 is 1.33 bits per heavy atom. The van der Waals surface area contributed by atoms with Crippen LogP contribution in [0.4, 0.5) is 5.69 Å². The van der Waals surface area contributed by atoms with Crippen LogP contribution in [0.25, 0.3) is 10.9 Å². The van der Waals surface area contributed by atoms with Crippen LogP contribution in [0.3, 0.4) is 0 Å². The fraction of sp³-hybridized carbons (Fsp3) is 0.500. The molecule has 0 bridgehead atoms. The molecule has 0 radical (unpaired) electrons. The van der Waals surface area contributed by atoms with Gasteiger partial charge in [-0.25, -0.2) is 0 Å². The molecule has 0 spiro atoms. The van der Waals surface area contributed by atoms with Crippen molar-refractivity contribution >= 4 is 16.6 Å². The van der Waals surface area contributed by atoms with E-state index in [0.29, 0.717) is 6.61 Å². The van der Waals surface area contributed by atoms with Crippen LogP contribution in [-0.4, -0.2) is 50.4 Å². The van der Waals surface area contributed by atoms with E-state index in [9.17, 15) is 4.79 Å². The fourth-order valence-electron chi connectivity index (χ4n) is 3.09. The minimum atomic E-state index is 0.0250. The maximum absolute atomic E-state index is 12.8. The minimum Gasteiger partial charge on any atom is -0.492 e. The molecule has 0 amide bonds. The molecule has 0 aliphatic carbocycles. The third-order valence-electron chi connectivity index (χ3n) is 4.31. The molecule has 0 unspecified atom stereocenters. The summed E-state index contributed by atoms with van der Waals surface area (Å²) >= 11 is 0. The zero-order valence-corrected chi connectivity index (χ0v) is 14.6. The summed E-state index contributed by atoms with van der Waals surface area (Å²) in [7, 11) is 5.63. The van der Waals surface area contributed by atoms with Crippen LogP contribution >= 0.6 is 0 Å². The number of nitrogens with zero attached hydrogens (tertiary/aromatic N) is 2. The van der Waals surface area contributed by atoms with Gasteiger partial charge in [0.15, 0.2) is 0 Å². The predicted octanol–water partition coefficient (Wildman–Crippen LogP) is 1.90. The summed E-state index contributed by atoms with van der Waals surface area (Å²) in [5.41, 5.74) is 2.69. The molecule has 1 aromatic heterocycles. The van der Waals surface area contributed by atoms with Gasteiger partial charge in [0.1, 0.15) is 19.1 Å². The number of fused-ring (bicyclic) bond motifs is 3. The van der Waals surface area contributed by atoms with Crippen molar-refractivity contribution in [3.05, 3.63) is 34.1 Å². The van der Waals surface area contributed by atoms with E-state index in [0.717, 1.165) is 53.8 Å². The van der Waals surface area contributed by atoms with Gasteiger partial charge >= 0.3 is 0 Å². The zero-order chi connectivity index (χ0) is 17.1. The molecule has 1 aromatic carbocycles. The quantitative estimate of drug-likeness (QED) is 0.876. The fourth-order valence-corrected chi connectivity index (χ4v) is 3.09. The van der Waals surface area contributed by atoms with Crippen LogP contribution in [-0.2, 0) is 17.9 Å². The SMILES string of the molecule is COCn1c(=O)c2c(c3ccc(OCCN(C)C)cc31)NCCC2. The number of likely N-dealkylation sites (N-methyl/N-ethyl adjacent to an activating group) is 1. The van der Waals surface area contributed by atoms with Gasteiger partial charge in [0, 0.05) is 37.2 Å². The summed E-state index contributed by atoms with van der Waals surface area (Å²) in [6.07, 6.45) is 1.79. The topological polar surface area (TPSA) is 55.7 Å². The van der Waals surface area contributed by atoms with Crippen molar-refractivity contribution < 1.29 is 9.47 Å². The smallest absolute Gasteiger partial charge is 0.258 e. The van der Waals surface area contributed by atoms with Gasteiger partial charge in [-0.1, -0.05) is 0 Å². The van der Waals surface area contributed by atoms with E-state index in [1.165, 1.54) is 0 Å². The molecule has 1 aliphatic rings. The van der Waals surface area contributed by atoms with Crippen molar-refractivity contribution in [2.75, 3.05) is 46.2 Å². The van der Waals surface area contributed by atoms with E-state index in [1.54, 1.807) is 11.7 Å². The van der Waals surface area contributed by atoms with Crippen LogP contribution in [0.15, 0.2) is 23.0 Å². The first kappa shape index (κ1) is 16.8. The largest absolute Gasteiger partial charge is 0.492 e. The van der Waals surface area contributed by atoms with Crippen molar-refractivity contribution in [2.24, 2.45) is 0 Å². The average molecular weight is 331 g/mol. The van der Waals surface area contributed by atoms with Gasteiger partial charge < -0.3 is 19.7 Å². The molecular formula is C18H25N3O3. The average Bonchev–Trinajstić information content (AvgIpc) is 2.58. The number of anilines is 1. The lowest BCUT2D eigenvalue weighted by Gasteiger charge is -2.22. The Hall–Kier alpha value is -2.05. The lowest BCUT2D eigenvalue weighted by atomic mass is 10.0. The molecule has 3 rings (SSSR count). The molecule has 0 saturated heterocycles. The Kier molecular flexibility index (Phi) is 5.06. The molecule has 0 atom stereocenters. The molecule has 1 N–H and O–H groups in total. The first-order chi connectivity index (χ1) is 11.6. The minimum absolute atomic E-state index is 0.0250. The third kappa shape index (κ3) is 3.25. The molecule has 0 saturated carbocycles. The second kappa shape index (κ2) is 7.23. The van der Waals surface area contributed by atoms with Gasteiger partial charge in [0.2, 0.25) is 0 Å². The monoisotopic (exact) mass is 331 g/mol. The molecule has 0 fully saturated rings. The Balaban J connectivity index is 2.06.